The van der Waals surface area contributed by atoms with Gasteiger partial charge in [-0.3, -0.25) is 0 Å². The molecule has 0 bridgehead atoms. The number of urea groups is 1. The van der Waals surface area contributed by atoms with Crippen molar-refractivity contribution in [3.63, 3.8) is 0 Å². The Morgan fingerprint density at radius 3 is 2.29 bits per heavy atom. The molecule has 0 aromatic carbocycles. The molecule has 1 saturated carbocycles. The average molecular weight is 242 g/mol. The Labute approximate surface area is 102 Å². The van der Waals surface area contributed by atoms with E-state index in [-0.39, 0.29) is 23.4 Å². The fourth-order valence-electron chi connectivity index (χ4n) is 1.76. The average Bonchev–Trinajstić information content (AvgIpc) is 2.71. The second-order valence-electron chi connectivity index (χ2n) is 5.88. The fraction of sp³-hybridized carbons (Fsp3) is 0.833. The van der Waals surface area contributed by atoms with E-state index in [1.54, 1.807) is 0 Å². The van der Waals surface area contributed by atoms with Crippen LogP contribution in [-0.4, -0.2) is 29.2 Å². The van der Waals surface area contributed by atoms with E-state index in [1.165, 1.54) is 0 Å². The maximum absolute atomic E-state index is 11.6. The predicted octanol–water partition coefficient (Wildman–Crippen LogP) is 1.58. The molecule has 2 amide bonds. The van der Waals surface area contributed by atoms with Gasteiger partial charge in [-0.25, -0.2) is 9.59 Å². The van der Waals surface area contributed by atoms with Crippen molar-refractivity contribution in [2.75, 3.05) is 0 Å². The van der Waals surface area contributed by atoms with Crippen molar-refractivity contribution in [1.82, 2.24) is 10.6 Å². The van der Waals surface area contributed by atoms with E-state index in [9.17, 15) is 9.59 Å². The van der Waals surface area contributed by atoms with Crippen LogP contribution in [0.3, 0.4) is 0 Å². The summed E-state index contributed by atoms with van der Waals surface area (Å²) in [4.78, 5) is 22.5. The first-order valence-electron chi connectivity index (χ1n) is 6.02. The zero-order valence-corrected chi connectivity index (χ0v) is 10.9. The largest absolute Gasteiger partial charge is 0.480 e. The van der Waals surface area contributed by atoms with Crippen molar-refractivity contribution in [2.45, 2.75) is 52.6 Å². The smallest absolute Gasteiger partial charge is 0.326 e. The lowest BCUT2D eigenvalue weighted by Crippen LogP contribution is -2.47. The van der Waals surface area contributed by atoms with Gasteiger partial charge in [-0.1, -0.05) is 27.7 Å². The van der Waals surface area contributed by atoms with Gasteiger partial charge in [-0.05, 0) is 24.2 Å². The molecule has 1 aliphatic rings. The fourth-order valence-corrected chi connectivity index (χ4v) is 1.76. The van der Waals surface area contributed by atoms with Crippen LogP contribution in [0, 0.1) is 11.3 Å². The van der Waals surface area contributed by atoms with Gasteiger partial charge in [0.1, 0.15) is 6.04 Å². The second kappa shape index (κ2) is 4.94. The number of nitrogens with one attached hydrogen (secondary N) is 2. The molecule has 1 fully saturated rings. The van der Waals surface area contributed by atoms with Crippen LogP contribution in [0.4, 0.5) is 4.79 Å². The van der Waals surface area contributed by atoms with Crippen LogP contribution >= 0.6 is 0 Å². The molecule has 0 spiro atoms. The molecule has 0 aliphatic heterocycles. The molecule has 0 heterocycles. The number of amides is 2. The van der Waals surface area contributed by atoms with Gasteiger partial charge in [0, 0.05) is 6.04 Å². The van der Waals surface area contributed by atoms with Gasteiger partial charge in [-0.15, -0.1) is 0 Å². The number of hydrogen-bond donors (Lipinski definition) is 3. The number of aliphatic carboxylic acids is 1. The van der Waals surface area contributed by atoms with Crippen molar-refractivity contribution >= 4 is 12.0 Å². The van der Waals surface area contributed by atoms with E-state index >= 15 is 0 Å². The third-order valence-electron chi connectivity index (χ3n) is 3.13. The molecular weight excluding hydrogens is 220 g/mol. The molecule has 2 atom stereocenters. The van der Waals surface area contributed by atoms with E-state index < -0.39 is 12.0 Å². The van der Waals surface area contributed by atoms with E-state index in [4.69, 9.17) is 5.11 Å². The highest BCUT2D eigenvalue weighted by atomic mass is 16.4. The minimum atomic E-state index is -0.982. The quantitative estimate of drug-likeness (QED) is 0.685. The van der Waals surface area contributed by atoms with E-state index in [0.717, 1.165) is 6.42 Å². The summed E-state index contributed by atoms with van der Waals surface area (Å²) < 4.78 is 0. The first-order chi connectivity index (χ1) is 7.72. The standard InChI is InChI=1S/C12H22N2O3/c1-7(2)5-8(10(15)16)13-11(17)14-9-6-12(9,3)4/h7-9H,5-6H2,1-4H3,(H,15,16)(H2,13,14,17)/t8-,9?/m1/s1. The minimum Gasteiger partial charge on any atom is -0.480 e. The van der Waals surface area contributed by atoms with Crippen LogP contribution in [0.15, 0.2) is 0 Å². The Bertz CT molecular complexity index is 313. The highest BCUT2D eigenvalue weighted by Gasteiger charge is 2.46. The van der Waals surface area contributed by atoms with E-state index in [2.05, 4.69) is 24.5 Å². The van der Waals surface area contributed by atoms with Crippen LogP contribution in [0.5, 0.6) is 0 Å². The number of carbonyl (C=O) groups is 2. The molecule has 1 unspecified atom stereocenters. The molecule has 0 radical (unpaired) electrons. The highest BCUT2D eigenvalue weighted by molar-refractivity contribution is 5.82. The van der Waals surface area contributed by atoms with Gasteiger partial charge in [0.05, 0.1) is 0 Å². The molecule has 3 N–H and O–H groups in total. The molecule has 0 aromatic rings. The molecule has 5 heteroatoms. The third-order valence-corrected chi connectivity index (χ3v) is 3.13. The summed E-state index contributed by atoms with van der Waals surface area (Å²) in [5, 5.41) is 14.3. The lowest BCUT2D eigenvalue weighted by Gasteiger charge is -2.17. The van der Waals surface area contributed by atoms with Crippen molar-refractivity contribution in [1.29, 1.82) is 0 Å². The molecule has 98 valence electrons. The van der Waals surface area contributed by atoms with E-state index in [1.807, 2.05) is 13.8 Å². The lowest BCUT2D eigenvalue weighted by molar-refractivity contribution is -0.139. The number of carbonyl (C=O) groups excluding carboxylic acids is 1. The summed E-state index contributed by atoms with van der Waals surface area (Å²) in [5.74, 6) is -0.752. The number of hydrogen-bond acceptors (Lipinski definition) is 2. The van der Waals surface area contributed by atoms with Crippen LogP contribution in [0.2, 0.25) is 0 Å². The molecule has 1 rings (SSSR count). The van der Waals surface area contributed by atoms with Crippen LogP contribution in [0.25, 0.3) is 0 Å². The van der Waals surface area contributed by atoms with Crippen molar-refractivity contribution in [3.05, 3.63) is 0 Å². The number of carboxylic acid groups (broad SMARTS) is 1. The minimum absolute atomic E-state index is 0.147. The summed E-state index contributed by atoms with van der Waals surface area (Å²) in [7, 11) is 0. The molecule has 1 aliphatic carbocycles. The van der Waals surface area contributed by atoms with Crippen molar-refractivity contribution in [3.8, 4) is 0 Å². The van der Waals surface area contributed by atoms with Gasteiger partial charge < -0.3 is 15.7 Å². The SMILES string of the molecule is CC(C)C[C@@H](NC(=O)NC1CC1(C)C)C(=O)O. The zero-order chi connectivity index (χ0) is 13.2. The number of carboxylic acids is 1. The second-order valence-corrected chi connectivity index (χ2v) is 5.88. The zero-order valence-electron chi connectivity index (χ0n) is 10.9. The Kier molecular flexibility index (Phi) is 4.01. The topological polar surface area (TPSA) is 78.4 Å². The van der Waals surface area contributed by atoms with Gasteiger partial charge in [0.15, 0.2) is 0 Å². The molecule has 0 aromatic heterocycles. The maximum atomic E-state index is 11.6. The lowest BCUT2D eigenvalue weighted by atomic mass is 10.0. The summed E-state index contributed by atoms with van der Waals surface area (Å²) in [6, 6.07) is -1.03. The summed E-state index contributed by atoms with van der Waals surface area (Å²) in [6.07, 6.45) is 1.39. The van der Waals surface area contributed by atoms with Gasteiger partial charge >= 0.3 is 12.0 Å². The Morgan fingerprint density at radius 2 is 1.94 bits per heavy atom. The van der Waals surface area contributed by atoms with Gasteiger partial charge in [0.25, 0.3) is 0 Å². The first-order valence-corrected chi connectivity index (χ1v) is 6.02. The molecular formula is C12H22N2O3. The van der Waals surface area contributed by atoms with Crippen molar-refractivity contribution in [2.24, 2.45) is 11.3 Å². The Hall–Kier alpha value is -1.26. The van der Waals surface area contributed by atoms with Gasteiger partial charge in [0.2, 0.25) is 0 Å². The van der Waals surface area contributed by atoms with E-state index in [0.29, 0.717) is 6.42 Å². The Balaban J connectivity index is 2.39. The summed E-state index contributed by atoms with van der Waals surface area (Å²) in [5.41, 5.74) is 0.147. The van der Waals surface area contributed by atoms with Crippen molar-refractivity contribution < 1.29 is 14.7 Å². The first kappa shape index (κ1) is 13.8. The highest BCUT2D eigenvalue weighted by Crippen LogP contribution is 2.44. The number of rotatable bonds is 5. The normalized spacial score (nSPS) is 23.0. The summed E-state index contributed by atoms with van der Waals surface area (Å²) >= 11 is 0. The summed E-state index contributed by atoms with van der Waals surface area (Å²) in [6.45, 7) is 8.00. The van der Waals surface area contributed by atoms with Crippen LogP contribution < -0.4 is 10.6 Å². The maximum Gasteiger partial charge on any atom is 0.326 e. The predicted molar refractivity (Wildman–Crippen MR) is 64.7 cm³/mol. The Morgan fingerprint density at radius 1 is 1.41 bits per heavy atom. The van der Waals surface area contributed by atoms with Crippen LogP contribution in [-0.2, 0) is 4.79 Å². The molecule has 17 heavy (non-hydrogen) atoms. The van der Waals surface area contributed by atoms with Crippen LogP contribution in [0.1, 0.15) is 40.5 Å². The third kappa shape index (κ3) is 4.24. The van der Waals surface area contributed by atoms with Gasteiger partial charge in [-0.2, -0.15) is 0 Å². The molecule has 0 saturated heterocycles. The molecule has 5 nitrogen and oxygen atoms in total. The monoisotopic (exact) mass is 242 g/mol.